The molecule has 1 atom stereocenters. The highest BCUT2D eigenvalue weighted by Gasteiger charge is 2.38. The second-order valence-electron chi connectivity index (χ2n) is 9.08. The number of halogens is 6. The molecule has 7 nitrogen and oxygen atoms in total. The SMILES string of the molecule is O=C1N=C(N2CCN[C@@H](CO)C2)S/C1=C\c1ccc2c(cnn2Cc2ccc(C(F)(F)F)cc2C(F)(F)F)c1. The van der Waals surface area contributed by atoms with Crippen LogP contribution in [0.2, 0.25) is 0 Å². The number of carbonyl (C=O) groups excluding carboxylic acids is 1. The van der Waals surface area contributed by atoms with Crippen LogP contribution in [0.4, 0.5) is 26.3 Å². The Morgan fingerprint density at radius 1 is 1.10 bits per heavy atom. The van der Waals surface area contributed by atoms with E-state index < -0.39 is 29.4 Å². The first-order chi connectivity index (χ1) is 18.4. The smallest absolute Gasteiger partial charge is 0.395 e. The number of amidine groups is 1. The number of hydrogen-bond acceptors (Lipinski definition) is 6. The summed E-state index contributed by atoms with van der Waals surface area (Å²) in [5.74, 6) is -0.396. The highest BCUT2D eigenvalue weighted by molar-refractivity contribution is 8.18. The number of fused-ring (bicyclic) bond motifs is 1. The molecule has 14 heteroatoms. The molecule has 1 fully saturated rings. The van der Waals surface area contributed by atoms with Gasteiger partial charge in [0.1, 0.15) is 0 Å². The molecule has 0 unspecified atom stereocenters. The number of alkyl halides is 6. The third kappa shape index (κ3) is 5.82. The molecule has 1 aromatic heterocycles. The van der Waals surface area contributed by atoms with Gasteiger partial charge in [-0.15, -0.1) is 0 Å². The van der Waals surface area contributed by atoms with Crippen LogP contribution in [-0.2, 0) is 23.7 Å². The standard InChI is InChI=1S/C25H21F6N5O2S/c26-24(27,28)17-3-2-15(19(9-17)25(29,30)31)11-36-20-4-1-14(7-16(20)10-33-36)8-21-22(38)34-23(39-21)35-6-5-32-18(12-35)13-37/h1-4,7-10,18,32,37H,5-6,11-13H2/b21-8-/t18-/m1/s1. The Morgan fingerprint density at radius 3 is 2.62 bits per heavy atom. The summed E-state index contributed by atoms with van der Waals surface area (Å²) in [7, 11) is 0. The number of aliphatic hydroxyl groups excluding tert-OH is 1. The van der Waals surface area contributed by atoms with Gasteiger partial charge in [-0.05, 0) is 53.2 Å². The highest BCUT2D eigenvalue weighted by Crippen LogP contribution is 2.38. The lowest BCUT2D eigenvalue weighted by molar-refractivity contribution is -0.143. The van der Waals surface area contributed by atoms with Crippen molar-refractivity contribution in [1.29, 1.82) is 0 Å². The van der Waals surface area contributed by atoms with E-state index in [1.807, 2.05) is 4.90 Å². The predicted octanol–water partition coefficient (Wildman–Crippen LogP) is 4.36. The monoisotopic (exact) mass is 569 g/mol. The molecule has 0 saturated carbocycles. The van der Waals surface area contributed by atoms with Crippen molar-refractivity contribution < 1.29 is 36.2 Å². The van der Waals surface area contributed by atoms with E-state index in [1.165, 1.54) is 22.6 Å². The van der Waals surface area contributed by atoms with Crippen LogP contribution in [0.15, 0.2) is 52.5 Å². The molecule has 0 aliphatic carbocycles. The van der Waals surface area contributed by atoms with Gasteiger partial charge in [0.15, 0.2) is 5.17 Å². The maximum Gasteiger partial charge on any atom is 0.416 e. The molecule has 0 radical (unpaired) electrons. The van der Waals surface area contributed by atoms with Gasteiger partial charge in [-0.1, -0.05) is 12.1 Å². The van der Waals surface area contributed by atoms with E-state index in [-0.39, 0.29) is 30.8 Å². The number of benzene rings is 2. The van der Waals surface area contributed by atoms with Gasteiger partial charge in [0, 0.05) is 31.1 Å². The number of aliphatic hydroxyl groups is 1. The third-order valence-corrected chi connectivity index (χ3v) is 7.43. The quantitative estimate of drug-likeness (QED) is 0.359. The second kappa shape index (κ2) is 10.3. The zero-order valence-corrected chi connectivity index (χ0v) is 20.9. The molecule has 2 aliphatic heterocycles. The average molecular weight is 570 g/mol. The van der Waals surface area contributed by atoms with E-state index >= 15 is 0 Å². The molecule has 2 aromatic carbocycles. The lowest BCUT2D eigenvalue weighted by atomic mass is 10.0. The minimum atomic E-state index is -4.98. The Labute approximate surface area is 222 Å². The van der Waals surface area contributed by atoms with Gasteiger partial charge in [0.25, 0.3) is 5.91 Å². The first-order valence-electron chi connectivity index (χ1n) is 11.8. The number of aromatic nitrogens is 2. The fraction of sp³-hybridized carbons (Fsp3) is 0.320. The molecule has 1 saturated heterocycles. The highest BCUT2D eigenvalue weighted by atomic mass is 32.2. The van der Waals surface area contributed by atoms with Crippen molar-refractivity contribution in [2.75, 3.05) is 26.2 Å². The normalized spacial score (nSPS) is 19.8. The maximum atomic E-state index is 13.6. The summed E-state index contributed by atoms with van der Waals surface area (Å²) < 4.78 is 80.9. The van der Waals surface area contributed by atoms with E-state index in [0.717, 1.165) is 6.07 Å². The summed E-state index contributed by atoms with van der Waals surface area (Å²) in [5.41, 5.74) is -1.97. The van der Waals surface area contributed by atoms with Crippen LogP contribution in [0, 0.1) is 0 Å². The van der Waals surface area contributed by atoms with E-state index in [2.05, 4.69) is 15.4 Å². The van der Waals surface area contributed by atoms with Crippen LogP contribution in [0.1, 0.15) is 22.3 Å². The molecule has 0 bridgehead atoms. The summed E-state index contributed by atoms with van der Waals surface area (Å²) in [5, 5.41) is 17.8. The number of nitrogens with zero attached hydrogens (tertiary/aromatic N) is 4. The number of rotatable bonds is 4. The molecular formula is C25H21F6N5O2S. The number of thioether (sulfide) groups is 1. The van der Waals surface area contributed by atoms with E-state index in [1.54, 1.807) is 24.3 Å². The topological polar surface area (TPSA) is 82.8 Å². The van der Waals surface area contributed by atoms with Gasteiger partial charge in [0.2, 0.25) is 0 Å². The van der Waals surface area contributed by atoms with Gasteiger partial charge < -0.3 is 15.3 Å². The molecule has 2 N–H and O–H groups in total. The average Bonchev–Trinajstić information content (AvgIpc) is 3.45. The molecular weight excluding hydrogens is 548 g/mol. The number of piperazine rings is 1. The Kier molecular flexibility index (Phi) is 7.20. The van der Waals surface area contributed by atoms with Gasteiger partial charge in [-0.3, -0.25) is 9.48 Å². The van der Waals surface area contributed by atoms with Crippen LogP contribution in [0.25, 0.3) is 17.0 Å². The van der Waals surface area contributed by atoms with Gasteiger partial charge in [-0.25, -0.2) is 0 Å². The minimum absolute atomic E-state index is 0.0326. The number of carbonyl (C=O) groups is 1. The zero-order chi connectivity index (χ0) is 27.9. The summed E-state index contributed by atoms with van der Waals surface area (Å²) >= 11 is 1.22. The van der Waals surface area contributed by atoms with Crippen LogP contribution in [0.5, 0.6) is 0 Å². The molecule has 39 heavy (non-hydrogen) atoms. The predicted molar refractivity (Wildman–Crippen MR) is 134 cm³/mol. The van der Waals surface area contributed by atoms with E-state index in [0.29, 0.717) is 52.2 Å². The number of amides is 1. The number of aliphatic imine (C=N–C) groups is 1. The van der Waals surface area contributed by atoms with Crippen molar-refractivity contribution in [2.45, 2.75) is 24.9 Å². The first-order valence-corrected chi connectivity index (χ1v) is 12.6. The molecule has 1 amide bonds. The molecule has 2 aliphatic rings. The first kappa shape index (κ1) is 27.2. The van der Waals surface area contributed by atoms with Crippen LogP contribution >= 0.6 is 11.8 Å². The van der Waals surface area contributed by atoms with Gasteiger partial charge in [-0.2, -0.15) is 36.4 Å². The Bertz CT molecular complexity index is 1480. The fourth-order valence-electron chi connectivity index (χ4n) is 4.44. The van der Waals surface area contributed by atoms with E-state index in [4.69, 9.17) is 0 Å². The second-order valence-corrected chi connectivity index (χ2v) is 10.1. The largest absolute Gasteiger partial charge is 0.416 e. The number of nitrogens with one attached hydrogen (secondary N) is 1. The van der Waals surface area contributed by atoms with Crippen LogP contribution < -0.4 is 5.32 Å². The molecule has 3 heterocycles. The Morgan fingerprint density at radius 2 is 1.90 bits per heavy atom. The number of hydrogen-bond donors (Lipinski definition) is 2. The minimum Gasteiger partial charge on any atom is -0.395 e. The molecule has 3 aromatic rings. The zero-order valence-electron chi connectivity index (χ0n) is 20.1. The van der Waals surface area contributed by atoms with Crippen LogP contribution in [0.3, 0.4) is 0 Å². The summed E-state index contributed by atoms with van der Waals surface area (Å²) in [6, 6.07) is 6.45. The lowest BCUT2D eigenvalue weighted by Gasteiger charge is -2.33. The van der Waals surface area contributed by atoms with Crippen molar-refractivity contribution in [2.24, 2.45) is 4.99 Å². The summed E-state index contributed by atoms with van der Waals surface area (Å²) in [6.07, 6.45) is -6.78. The molecule has 206 valence electrons. The molecule has 5 rings (SSSR count). The van der Waals surface area contributed by atoms with Gasteiger partial charge in [0.05, 0.1) is 40.9 Å². The fourth-order valence-corrected chi connectivity index (χ4v) is 5.39. The third-order valence-electron chi connectivity index (χ3n) is 6.38. The summed E-state index contributed by atoms with van der Waals surface area (Å²) in [6.45, 7) is 1.39. The van der Waals surface area contributed by atoms with Crippen molar-refractivity contribution in [3.8, 4) is 0 Å². The van der Waals surface area contributed by atoms with Crippen LogP contribution in [-0.4, -0.2) is 63.1 Å². The molecule has 0 spiro atoms. The van der Waals surface area contributed by atoms with E-state index in [9.17, 15) is 36.2 Å². The summed E-state index contributed by atoms with van der Waals surface area (Å²) in [4.78, 5) is 19.0. The van der Waals surface area contributed by atoms with Crippen molar-refractivity contribution in [3.63, 3.8) is 0 Å². The Hall–Kier alpha value is -3.36. The van der Waals surface area contributed by atoms with Crippen molar-refractivity contribution >= 4 is 39.8 Å². The lowest BCUT2D eigenvalue weighted by Crippen LogP contribution is -2.53. The maximum absolute atomic E-state index is 13.6. The Balaban J connectivity index is 1.36. The van der Waals surface area contributed by atoms with Crippen molar-refractivity contribution in [3.05, 3.63) is 69.8 Å². The van der Waals surface area contributed by atoms with Gasteiger partial charge >= 0.3 is 12.4 Å². The van der Waals surface area contributed by atoms with Crippen molar-refractivity contribution in [1.82, 2.24) is 20.0 Å².